The standard InChI is InChI=1S/C27H26N4O2S/c1-32-19-18-30-17-7-11-24(30)26-25(23-10-5-6-16-28-23)29-27(34)31(26)20-12-14-22(15-13-20)33-21-8-3-2-4-9-21/h2-17,25-26H,18-19H2,1H3,(H,29,34)/t25-,26-/m0/s1. The summed E-state index contributed by atoms with van der Waals surface area (Å²) in [7, 11) is 1.72. The van der Waals surface area contributed by atoms with E-state index < -0.39 is 0 Å². The summed E-state index contributed by atoms with van der Waals surface area (Å²) in [4.78, 5) is 6.80. The molecular formula is C27H26N4O2S. The molecule has 172 valence electrons. The Hall–Kier alpha value is -3.68. The molecule has 0 aliphatic carbocycles. The second-order valence-corrected chi connectivity index (χ2v) is 8.41. The van der Waals surface area contributed by atoms with E-state index in [9.17, 15) is 0 Å². The maximum Gasteiger partial charge on any atom is 0.174 e. The van der Waals surface area contributed by atoms with Crippen LogP contribution in [-0.2, 0) is 11.3 Å². The number of thiocarbonyl (C=S) groups is 1. The van der Waals surface area contributed by atoms with Crippen molar-refractivity contribution in [2.45, 2.75) is 18.6 Å². The minimum atomic E-state index is -0.0925. The first-order chi connectivity index (χ1) is 16.7. The van der Waals surface area contributed by atoms with E-state index in [0.717, 1.165) is 35.1 Å². The molecule has 1 saturated heterocycles. The van der Waals surface area contributed by atoms with Crippen LogP contribution in [0.2, 0.25) is 0 Å². The van der Waals surface area contributed by atoms with Crippen molar-refractivity contribution in [1.82, 2.24) is 14.9 Å². The molecule has 3 heterocycles. The van der Waals surface area contributed by atoms with Crippen LogP contribution in [0.1, 0.15) is 23.5 Å². The van der Waals surface area contributed by atoms with Crippen molar-refractivity contribution in [3.8, 4) is 11.5 Å². The molecule has 0 radical (unpaired) electrons. The zero-order chi connectivity index (χ0) is 23.3. The van der Waals surface area contributed by atoms with Gasteiger partial charge in [0.25, 0.3) is 0 Å². The van der Waals surface area contributed by atoms with Crippen LogP contribution in [0.5, 0.6) is 11.5 Å². The zero-order valence-electron chi connectivity index (χ0n) is 18.9. The number of hydrogen-bond donors (Lipinski definition) is 1. The van der Waals surface area contributed by atoms with Crippen molar-refractivity contribution in [3.05, 3.63) is 109 Å². The lowest BCUT2D eigenvalue weighted by Crippen LogP contribution is -2.30. The molecule has 2 aromatic heterocycles. The van der Waals surface area contributed by atoms with E-state index in [0.29, 0.717) is 11.7 Å². The van der Waals surface area contributed by atoms with E-state index in [2.05, 4.69) is 38.1 Å². The third-order valence-corrected chi connectivity index (χ3v) is 6.21. The van der Waals surface area contributed by atoms with Gasteiger partial charge < -0.3 is 24.3 Å². The molecule has 5 rings (SSSR count). The van der Waals surface area contributed by atoms with Gasteiger partial charge in [0.2, 0.25) is 0 Å². The molecule has 1 fully saturated rings. The van der Waals surface area contributed by atoms with E-state index in [-0.39, 0.29) is 12.1 Å². The highest BCUT2D eigenvalue weighted by molar-refractivity contribution is 7.80. The number of ether oxygens (including phenoxy) is 2. The smallest absolute Gasteiger partial charge is 0.174 e. The van der Waals surface area contributed by atoms with Crippen LogP contribution in [0.25, 0.3) is 0 Å². The Morgan fingerprint density at radius 2 is 1.68 bits per heavy atom. The molecule has 0 spiro atoms. The molecule has 0 bridgehead atoms. The predicted octanol–water partition coefficient (Wildman–Crippen LogP) is 5.50. The number of aromatic nitrogens is 2. The molecule has 2 aromatic carbocycles. The molecule has 4 aromatic rings. The van der Waals surface area contributed by atoms with Crippen LogP contribution in [0.3, 0.4) is 0 Å². The third-order valence-electron chi connectivity index (χ3n) is 5.90. The van der Waals surface area contributed by atoms with Crippen molar-refractivity contribution in [2.75, 3.05) is 18.6 Å². The van der Waals surface area contributed by atoms with Crippen molar-refractivity contribution < 1.29 is 9.47 Å². The van der Waals surface area contributed by atoms with Gasteiger partial charge in [0.15, 0.2) is 5.11 Å². The van der Waals surface area contributed by atoms with Crippen LogP contribution in [0.15, 0.2) is 97.3 Å². The van der Waals surface area contributed by atoms with E-state index in [4.69, 9.17) is 21.7 Å². The van der Waals surface area contributed by atoms with Gasteiger partial charge >= 0.3 is 0 Å². The Morgan fingerprint density at radius 3 is 2.41 bits per heavy atom. The minimum absolute atomic E-state index is 0.0739. The summed E-state index contributed by atoms with van der Waals surface area (Å²) in [6, 6.07) is 27.8. The lowest BCUT2D eigenvalue weighted by Gasteiger charge is -2.29. The molecule has 0 amide bonds. The average Bonchev–Trinajstić information content (AvgIpc) is 3.48. The van der Waals surface area contributed by atoms with Gasteiger partial charge in [0.05, 0.1) is 18.3 Å². The highest BCUT2D eigenvalue weighted by atomic mass is 32.1. The molecule has 6 nitrogen and oxygen atoms in total. The van der Waals surface area contributed by atoms with E-state index in [1.165, 1.54) is 0 Å². The van der Waals surface area contributed by atoms with Crippen LogP contribution in [-0.4, -0.2) is 28.4 Å². The monoisotopic (exact) mass is 470 g/mol. The van der Waals surface area contributed by atoms with E-state index in [1.807, 2.05) is 79.0 Å². The molecule has 1 aliphatic heterocycles. The number of methoxy groups -OCH3 is 1. The van der Waals surface area contributed by atoms with Gasteiger partial charge in [-0.05, 0) is 72.9 Å². The fourth-order valence-electron chi connectivity index (χ4n) is 4.32. The number of para-hydroxylation sites is 1. The highest BCUT2D eigenvalue weighted by Crippen LogP contribution is 2.42. The fraction of sp³-hybridized carbons (Fsp3) is 0.185. The summed E-state index contributed by atoms with van der Waals surface area (Å²) in [5, 5.41) is 4.18. The summed E-state index contributed by atoms with van der Waals surface area (Å²) in [6.45, 7) is 1.39. The van der Waals surface area contributed by atoms with Crippen molar-refractivity contribution in [2.24, 2.45) is 0 Å². The largest absolute Gasteiger partial charge is 0.457 e. The highest BCUT2D eigenvalue weighted by Gasteiger charge is 2.41. The third kappa shape index (κ3) is 4.53. The van der Waals surface area contributed by atoms with Gasteiger partial charge in [-0.15, -0.1) is 0 Å². The Bertz CT molecular complexity index is 1230. The normalized spacial score (nSPS) is 17.6. The lowest BCUT2D eigenvalue weighted by atomic mass is 10.0. The second-order valence-electron chi connectivity index (χ2n) is 8.02. The summed E-state index contributed by atoms with van der Waals surface area (Å²) in [6.07, 6.45) is 3.90. The van der Waals surface area contributed by atoms with Gasteiger partial charge in [-0.1, -0.05) is 24.3 Å². The number of anilines is 1. The Balaban J connectivity index is 1.49. The van der Waals surface area contributed by atoms with Crippen molar-refractivity contribution in [1.29, 1.82) is 0 Å². The van der Waals surface area contributed by atoms with Crippen LogP contribution in [0.4, 0.5) is 5.69 Å². The van der Waals surface area contributed by atoms with Gasteiger partial charge in [-0.3, -0.25) is 4.98 Å². The average molecular weight is 471 g/mol. The van der Waals surface area contributed by atoms with Crippen LogP contribution >= 0.6 is 12.2 Å². The second kappa shape index (κ2) is 10.1. The Labute approximate surface area is 204 Å². The topological polar surface area (TPSA) is 51.5 Å². The maximum absolute atomic E-state index is 5.98. The molecular weight excluding hydrogens is 444 g/mol. The van der Waals surface area contributed by atoms with Crippen molar-refractivity contribution >= 4 is 23.0 Å². The summed E-state index contributed by atoms with van der Waals surface area (Å²) in [5.74, 6) is 1.58. The fourth-order valence-corrected chi connectivity index (χ4v) is 4.67. The minimum Gasteiger partial charge on any atom is -0.457 e. The molecule has 0 unspecified atom stereocenters. The molecule has 34 heavy (non-hydrogen) atoms. The number of nitrogens with zero attached hydrogens (tertiary/aromatic N) is 3. The molecule has 1 aliphatic rings. The number of benzene rings is 2. The molecule has 0 saturated carbocycles. The van der Waals surface area contributed by atoms with Gasteiger partial charge in [-0.25, -0.2) is 0 Å². The van der Waals surface area contributed by atoms with Crippen LogP contribution < -0.4 is 15.0 Å². The lowest BCUT2D eigenvalue weighted by molar-refractivity contribution is 0.186. The Morgan fingerprint density at radius 1 is 0.912 bits per heavy atom. The molecule has 1 N–H and O–H groups in total. The van der Waals surface area contributed by atoms with E-state index >= 15 is 0 Å². The summed E-state index contributed by atoms with van der Waals surface area (Å²) in [5.41, 5.74) is 3.08. The van der Waals surface area contributed by atoms with Gasteiger partial charge in [0.1, 0.15) is 17.5 Å². The number of hydrogen-bond acceptors (Lipinski definition) is 4. The van der Waals surface area contributed by atoms with Crippen LogP contribution in [0, 0.1) is 0 Å². The summed E-state index contributed by atoms with van der Waals surface area (Å²) < 4.78 is 13.5. The first kappa shape index (κ1) is 22.1. The first-order valence-electron chi connectivity index (χ1n) is 11.2. The predicted molar refractivity (Wildman–Crippen MR) is 137 cm³/mol. The molecule has 2 atom stereocenters. The first-order valence-corrected chi connectivity index (χ1v) is 11.6. The van der Waals surface area contributed by atoms with E-state index in [1.54, 1.807) is 7.11 Å². The number of pyridine rings is 1. The Kier molecular flexibility index (Phi) is 6.56. The number of nitrogens with one attached hydrogen (secondary N) is 1. The zero-order valence-corrected chi connectivity index (χ0v) is 19.7. The van der Waals surface area contributed by atoms with Gasteiger partial charge in [-0.2, -0.15) is 0 Å². The maximum atomic E-state index is 5.98. The number of rotatable bonds is 8. The SMILES string of the molecule is COCCn1cccc1[C@H]1[C@H](c2ccccn2)NC(=S)N1c1ccc(Oc2ccccc2)cc1. The summed E-state index contributed by atoms with van der Waals surface area (Å²) >= 11 is 5.84. The van der Waals surface area contributed by atoms with Crippen molar-refractivity contribution in [3.63, 3.8) is 0 Å². The quantitative estimate of drug-likeness (QED) is 0.343. The van der Waals surface area contributed by atoms with Gasteiger partial charge in [0, 0.05) is 37.4 Å². The molecule has 7 heteroatoms.